The molecule has 5 heteroatoms. The van der Waals surface area contributed by atoms with E-state index in [4.69, 9.17) is 0 Å². The minimum atomic E-state index is -0.257. The minimum absolute atomic E-state index is 0.257. The van der Waals surface area contributed by atoms with Gasteiger partial charge in [0.25, 0.3) is 0 Å². The molecule has 20 heavy (non-hydrogen) atoms. The van der Waals surface area contributed by atoms with E-state index in [-0.39, 0.29) is 6.03 Å². The van der Waals surface area contributed by atoms with Crippen LogP contribution in [0.1, 0.15) is 31.0 Å². The van der Waals surface area contributed by atoms with E-state index < -0.39 is 0 Å². The molecule has 2 rings (SSSR count). The van der Waals surface area contributed by atoms with E-state index in [0.29, 0.717) is 12.5 Å². The van der Waals surface area contributed by atoms with Crippen molar-refractivity contribution in [3.63, 3.8) is 0 Å². The van der Waals surface area contributed by atoms with E-state index in [9.17, 15) is 4.79 Å². The highest BCUT2D eigenvalue weighted by molar-refractivity contribution is 5.89. The molecule has 2 aromatic rings. The molecule has 1 heterocycles. The fourth-order valence-electron chi connectivity index (χ4n) is 1.72. The number of carbonyl (C=O) groups is 1. The zero-order valence-corrected chi connectivity index (χ0v) is 11.6. The summed E-state index contributed by atoms with van der Waals surface area (Å²) < 4.78 is 0. The van der Waals surface area contributed by atoms with Crippen LogP contribution in [0.25, 0.3) is 0 Å². The van der Waals surface area contributed by atoms with Crippen molar-refractivity contribution in [3.05, 3.63) is 54.1 Å². The molecule has 0 spiro atoms. The summed E-state index contributed by atoms with van der Waals surface area (Å²) in [5.74, 6) is 0.481. The first-order valence-electron chi connectivity index (χ1n) is 6.55. The quantitative estimate of drug-likeness (QED) is 0.897. The number of amides is 2. The molecule has 2 N–H and O–H groups in total. The standard InChI is InChI=1S/C15H18N4O/c1-11(2)12-3-5-13(6-4-12)19-15(20)18-10-14-9-16-7-8-17-14/h3-9,11H,10H2,1-2H3,(H2,18,19,20). The van der Waals surface area contributed by atoms with Gasteiger partial charge in [-0.25, -0.2) is 4.79 Å². The van der Waals surface area contributed by atoms with Gasteiger partial charge in [0.05, 0.1) is 18.4 Å². The lowest BCUT2D eigenvalue weighted by Gasteiger charge is -2.09. The maximum Gasteiger partial charge on any atom is 0.319 e. The van der Waals surface area contributed by atoms with Gasteiger partial charge in [0.15, 0.2) is 0 Å². The number of hydrogen-bond acceptors (Lipinski definition) is 3. The van der Waals surface area contributed by atoms with Gasteiger partial charge in [0.1, 0.15) is 0 Å². The third-order valence-corrected chi connectivity index (χ3v) is 2.88. The summed E-state index contributed by atoms with van der Waals surface area (Å²) in [7, 11) is 0. The number of benzene rings is 1. The van der Waals surface area contributed by atoms with E-state index >= 15 is 0 Å². The summed E-state index contributed by atoms with van der Waals surface area (Å²) in [5.41, 5.74) is 2.74. The van der Waals surface area contributed by atoms with Crippen molar-refractivity contribution >= 4 is 11.7 Å². The average Bonchev–Trinajstić information content (AvgIpc) is 2.47. The smallest absolute Gasteiger partial charge is 0.319 e. The summed E-state index contributed by atoms with van der Waals surface area (Å²) >= 11 is 0. The van der Waals surface area contributed by atoms with E-state index in [2.05, 4.69) is 34.4 Å². The van der Waals surface area contributed by atoms with Crippen LogP contribution in [0.5, 0.6) is 0 Å². The topological polar surface area (TPSA) is 66.9 Å². The number of hydrogen-bond donors (Lipinski definition) is 2. The average molecular weight is 270 g/mol. The summed E-state index contributed by atoms with van der Waals surface area (Å²) in [4.78, 5) is 19.8. The van der Waals surface area contributed by atoms with E-state index in [0.717, 1.165) is 11.4 Å². The Kier molecular flexibility index (Phi) is 4.65. The Morgan fingerprint density at radius 3 is 2.55 bits per heavy atom. The van der Waals surface area contributed by atoms with Gasteiger partial charge in [0, 0.05) is 18.1 Å². The van der Waals surface area contributed by atoms with Crippen molar-refractivity contribution < 1.29 is 4.79 Å². The minimum Gasteiger partial charge on any atom is -0.332 e. The normalized spacial score (nSPS) is 10.3. The lowest BCUT2D eigenvalue weighted by molar-refractivity contribution is 0.251. The Labute approximate surface area is 118 Å². The second-order valence-corrected chi connectivity index (χ2v) is 4.78. The molecular formula is C15H18N4O. The molecule has 2 amide bonds. The second kappa shape index (κ2) is 6.65. The molecule has 0 aliphatic carbocycles. The van der Waals surface area contributed by atoms with E-state index in [1.54, 1.807) is 18.6 Å². The first kappa shape index (κ1) is 14.0. The van der Waals surface area contributed by atoms with Crippen LogP contribution in [0.3, 0.4) is 0 Å². The van der Waals surface area contributed by atoms with Gasteiger partial charge in [0.2, 0.25) is 0 Å². The van der Waals surface area contributed by atoms with Crippen LogP contribution in [-0.2, 0) is 6.54 Å². The number of rotatable bonds is 4. The first-order chi connectivity index (χ1) is 9.65. The molecule has 0 fully saturated rings. The molecule has 0 aliphatic heterocycles. The lowest BCUT2D eigenvalue weighted by Crippen LogP contribution is -2.28. The highest BCUT2D eigenvalue weighted by atomic mass is 16.2. The third-order valence-electron chi connectivity index (χ3n) is 2.88. The molecule has 1 aromatic heterocycles. The number of nitrogens with zero attached hydrogens (tertiary/aromatic N) is 2. The van der Waals surface area contributed by atoms with Gasteiger partial charge >= 0.3 is 6.03 Å². The Morgan fingerprint density at radius 1 is 1.20 bits per heavy atom. The van der Waals surface area contributed by atoms with Gasteiger partial charge in [-0.05, 0) is 23.6 Å². The summed E-state index contributed by atoms with van der Waals surface area (Å²) in [6.07, 6.45) is 4.82. The second-order valence-electron chi connectivity index (χ2n) is 4.78. The summed E-state index contributed by atoms with van der Waals surface area (Å²) in [6.45, 7) is 4.62. The van der Waals surface area contributed by atoms with Crippen LogP contribution in [0.4, 0.5) is 10.5 Å². The molecule has 0 aliphatic rings. The van der Waals surface area contributed by atoms with E-state index in [1.165, 1.54) is 5.56 Å². The molecule has 5 nitrogen and oxygen atoms in total. The number of nitrogens with one attached hydrogen (secondary N) is 2. The highest BCUT2D eigenvalue weighted by Gasteiger charge is 2.03. The van der Waals surface area contributed by atoms with Crippen molar-refractivity contribution in [2.24, 2.45) is 0 Å². The van der Waals surface area contributed by atoms with Crippen LogP contribution >= 0.6 is 0 Å². The maximum absolute atomic E-state index is 11.7. The largest absolute Gasteiger partial charge is 0.332 e. The van der Waals surface area contributed by atoms with Crippen LogP contribution in [-0.4, -0.2) is 16.0 Å². The number of anilines is 1. The predicted octanol–water partition coefficient (Wildman–Crippen LogP) is 2.92. The fraction of sp³-hybridized carbons (Fsp3) is 0.267. The SMILES string of the molecule is CC(C)c1ccc(NC(=O)NCc2cnccn2)cc1. The fourth-order valence-corrected chi connectivity index (χ4v) is 1.72. The lowest BCUT2D eigenvalue weighted by atomic mass is 10.0. The van der Waals surface area contributed by atoms with Crippen molar-refractivity contribution in [2.75, 3.05) is 5.32 Å². The highest BCUT2D eigenvalue weighted by Crippen LogP contribution is 2.16. The molecule has 0 saturated heterocycles. The number of urea groups is 1. The summed E-state index contributed by atoms with van der Waals surface area (Å²) in [5, 5.41) is 5.51. The monoisotopic (exact) mass is 270 g/mol. The Hall–Kier alpha value is -2.43. The molecular weight excluding hydrogens is 252 g/mol. The van der Waals surface area contributed by atoms with Crippen molar-refractivity contribution in [2.45, 2.75) is 26.3 Å². The van der Waals surface area contributed by atoms with Gasteiger partial charge in [-0.15, -0.1) is 0 Å². The van der Waals surface area contributed by atoms with E-state index in [1.807, 2.05) is 24.3 Å². The molecule has 1 aromatic carbocycles. The number of carbonyl (C=O) groups excluding carboxylic acids is 1. The van der Waals surface area contributed by atoms with Crippen molar-refractivity contribution in [1.82, 2.24) is 15.3 Å². The zero-order chi connectivity index (χ0) is 14.4. The molecule has 0 radical (unpaired) electrons. The van der Waals surface area contributed by atoms with Crippen LogP contribution in [0.2, 0.25) is 0 Å². The molecule has 0 unspecified atom stereocenters. The predicted molar refractivity (Wildman–Crippen MR) is 78.4 cm³/mol. The van der Waals surface area contributed by atoms with Gasteiger partial charge in [-0.1, -0.05) is 26.0 Å². The zero-order valence-electron chi connectivity index (χ0n) is 11.6. The molecule has 104 valence electrons. The first-order valence-corrected chi connectivity index (χ1v) is 6.55. The Morgan fingerprint density at radius 2 is 1.95 bits per heavy atom. The van der Waals surface area contributed by atoms with Crippen molar-refractivity contribution in [3.8, 4) is 0 Å². The molecule has 0 saturated carbocycles. The maximum atomic E-state index is 11.7. The third kappa shape index (κ3) is 4.05. The molecule has 0 atom stereocenters. The Bertz CT molecular complexity index is 552. The van der Waals surface area contributed by atoms with Crippen LogP contribution < -0.4 is 10.6 Å². The van der Waals surface area contributed by atoms with Crippen LogP contribution in [0, 0.1) is 0 Å². The van der Waals surface area contributed by atoms with Gasteiger partial charge < -0.3 is 10.6 Å². The number of aromatic nitrogens is 2. The van der Waals surface area contributed by atoms with Gasteiger partial charge in [-0.2, -0.15) is 0 Å². The molecule has 0 bridgehead atoms. The Balaban J connectivity index is 1.85. The van der Waals surface area contributed by atoms with Crippen LogP contribution in [0.15, 0.2) is 42.9 Å². The summed E-state index contributed by atoms with van der Waals surface area (Å²) in [6, 6.07) is 7.58. The van der Waals surface area contributed by atoms with Crippen molar-refractivity contribution in [1.29, 1.82) is 0 Å². The van der Waals surface area contributed by atoms with Gasteiger partial charge in [-0.3, -0.25) is 9.97 Å².